The van der Waals surface area contributed by atoms with Crippen molar-refractivity contribution < 1.29 is 4.42 Å². The first kappa shape index (κ1) is 9.74. The summed E-state index contributed by atoms with van der Waals surface area (Å²) < 4.78 is 5.48. The molecule has 0 aliphatic heterocycles. The van der Waals surface area contributed by atoms with Gasteiger partial charge >= 0.3 is 0 Å². The van der Waals surface area contributed by atoms with Crippen molar-refractivity contribution in [2.45, 2.75) is 44.8 Å². The van der Waals surface area contributed by atoms with Gasteiger partial charge in [-0.1, -0.05) is 0 Å². The van der Waals surface area contributed by atoms with Crippen LogP contribution in [0.4, 0.5) is 0 Å². The first-order chi connectivity index (χ1) is 6.74. The molecular weight excluding hydrogens is 176 g/mol. The van der Waals surface area contributed by atoms with Crippen molar-refractivity contribution in [3.63, 3.8) is 0 Å². The van der Waals surface area contributed by atoms with E-state index in [4.69, 9.17) is 10.2 Å². The number of hydrogen-bond donors (Lipinski definition) is 2. The largest absolute Gasteiger partial charge is 0.465 e. The predicted molar refractivity (Wildman–Crippen MR) is 55.9 cm³/mol. The summed E-state index contributed by atoms with van der Waals surface area (Å²) in [6, 6.07) is 5.00. The van der Waals surface area contributed by atoms with Crippen LogP contribution in [0.25, 0.3) is 0 Å². The van der Waals surface area contributed by atoms with E-state index in [1.807, 2.05) is 19.1 Å². The van der Waals surface area contributed by atoms with E-state index in [2.05, 4.69) is 5.32 Å². The van der Waals surface area contributed by atoms with Gasteiger partial charge in [-0.25, -0.2) is 0 Å². The minimum Gasteiger partial charge on any atom is -0.465 e. The normalized spacial score (nSPS) is 27.0. The molecule has 0 saturated heterocycles. The second-order valence-electron chi connectivity index (χ2n) is 4.16. The minimum atomic E-state index is 0.394. The molecule has 0 radical (unpaired) electrons. The first-order valence-electron chi connectivity index (χ1n) is 5.28. The van der Waals surface area contributed by atoms with Crippen molar-refractivity contribution in [3.05, 3.63) is 23.7 Å². The summed E-state index contributed by atoms with van der Waals surface area (Å²) in [5, 5.41) is 3.47. The molecule has 1 aromatic heterocycles. The molecule has 14 heavy (non-hydrogen) atoms. The van der Waals surface area contributed by atoms with E-state index < -0.39 is 0 Å². The van der Waals surface area contributed by atoms with Crippen molar-refractivity contribution >= 4 is 0 Å². The number of furan rings is 1. The average Bonchev–Trinajstić information content (AvgIpc) is 2.72. The fourth-order valence-corrected chi connectivity index (χ4v) is 2.03. The van der Waals surface area contributed by atoms with Crippen LogP contribution in [-0.2, 0) is 6.54 Å². The Hall–Kier alpha value is -0.800. The van der Waals surface area contributed by atoms with Gasteiger partial charge in [-0.05, 0) is 38.3 Å². The van der Waals surface area contributed by atoms with Crippen LogP contribution in [0.1, 0.15) is 30.8 Å². The van der Waals surface area contributed by atoms with Gasteiger partial charge in [0.05, 0.1) is 6.54 Å². The van der Waals surface area contributed by atoms with Crippen LogP contribution in [0.2, 0.25) is 0 Å². The Labute approximate surface area is 84.7 Å². The quantitative estimate of drug-likeness (QED) is 0.767. The van der Waals surface area contributed by atoms with E-state index in [0.29, 0.717) is 12.1 Å². The van der Waals surface area contributed by atoms with Crippen molar-refractivity contribution in [2.24, 2.45) is 5.73 Å². The molecule has 3 nitrogen and oxygen atoms in total. The highest BCUT2D eigenvalue weighted by molar-refractivity contribution is 5.05. The lowest BCUT2D eigenvalue weighted by molar-refractivity contribution is 0.431. The fraction of sp³-hybridized carbons (Fsp3) is 0.636. The zero-order chi connectivity index (χ0) is 9.97. The van der Waals surface area contributed by atoms with E-state index >= 15 is 0 Å². The van der Waals surface area contributed by atoms with Crippen molar-refractivity contribution in [1.82, 2.24) is 5.32 Å². The molecule has 1 saturated carbocycles. The second kappa shape index (κ2) is 4.15. The molecule has 3 heteroatoms. The van der Waals surface area contributed by atoms with E-state index in [9.17, 15) is 0 Å². The number of rotatable bonds is 3. The Morgan fingerprint density at radius 3 is 2.93 bits per heavy atom. The van der Waals surface area contributed by atoms with E-state index in [-0.39, 0.29) is 0 Å². The summed E-state index contributed by atoms with van der Waals surface area (Å²) >= 11 is 0. The molecule has 3 N–H and O–H groups in total. The summed E-state index contributed by atoms with van der Waals surface area (Å²) in [7, 11) is 0. The van der Waals surface area contributed by atoms with Crippen LogP contribution in [0, 0.1) is 6.92 Å². The SMILES string of the molecule is Cc1ccc(CNC2CCC(N)C2)o1. The Bertz CT molecular complexity index is 295. The molecule has 1 aliphatic carbocycles. The van der Waals surface area contributed by atoms with Gasteiger partial charge in [0.2, 0.25) is 0 Å². The second-order valence-corrected chi connectivity index (χ2v) is 4.16. The van der Waals surface area contributed by atoms with E-state index in [1.165, 1.54) is 6.42 Å². The third kappa shape index (κ3) is 2.36. The number of hydrogen-bond acceptors (Lipinski definition) is 3. The first-order valence-corrected chi connectivity index (χ1v) is 5.28. The molecule has 2 rings (SSSR count). The smallest absolute Gasteiger partial charge is 0.117 e. The molecular formula is C11H18N2O. The summed E-state index contributed by atoms with van der Waals surface area (Å²) in [5.74, 6) is 1.99. The van der Waals surface area contributed by atoms with Crippen LogP contribution in [-0.4, -0.2) is 12.1 Å². The summed E-state index contributed by atoms with van der Waals surface area (Å²) in [5.41, 5.74) is 5.83. The highest BCUT2D eigenvalue weighted by Gasteiger charge is 2.20. The van der Waals surface area contributed by atoms with Gasteiger partial charge < -0.3 is 15.5 Å². The maximum absolute atomic E-state index is 5.83. The molecule has 1 aliphatic rings. The Balaban J connectivity index is 1.77. The van der Waals surface area contributed by atoms with E-state index in [1.54, 1.807) is 0 Å². The van der Waals surface area contributed by atoms with Crippen LogP contribution in [0.15, 0.2) is 16.5 Å². The monoisotopic (exact) mass is 194 g/mol. The summed E-state index contributed by atoms with van der Waals surface area (Å²) in [6.45, 7) is 2.79. The van der Waals surface area contributed by atoms with Crippen molar-refractivity contribution in [2.75, 3.05) is 0 Å². The molecule has 0 spiro atoms. The summed E-state index contributed by atoms with van der Waals surface area (Å²) in [6.07, 6.45) is 3.44. The highest BCUT2D eigenvalue weighted by Crippen LogP contribution is 2.17. The topological polar surface area (TPSA) is 51.2 Å². The molecule has 1 fully saturated rings. The minimum absolute atomic E-state index is 0.394. The van der Waals surface area contributed by atoms with Gasteiger partial charge in [0, 0.05) is 12.1 Å². The number of aryl methyl sites for hydroxylation is 1. The molecule has 1 heterocycles. The van der Waals surface area contributed by atoms with Crippen molar-refractivity contribution in [3.8, 4) is 0 Å². The van der Waals surface area contributed by atoms with Gasteiger partial charge in [0.15, 0.2) is 0 Å². The third-order valence-electron chi connectivity index (χ3n) is 2.83. The average molecular weight is 194 g/mol. The third-order valence-corrected chi connectivity index (χ3v) is 2.83. The molecule has 78 valence electrons. The zero-order valence-corrected chi connectivity index (χ0v) is 8.62. The van der Waals surface area contributed by atoms with E-state index in [0.717, 1.165) is 30.9 Å². The van der Waals surface area contributed by atoms with Gasteiger partial charge in [-0.3, -0.25) is 0 Å². The van der Waals surface area contributed by atoms with Gasteiger partial charge in [0.25, 0.3) is 0 Å². The molecule has 0 bridgehead atoms. The predicted octanol–water partition coefficient (Wildman–Crippen LogP) is 1.56. The van der Waals surface area contributed by atoms with Gasteiger partial charge in [0.1, 0.15) is 11.5 Å². The van der Waals surface area contributed by atoms with Crippen LogP contribution in [0.5, 0.6) is 0 Å². The van der Waals surface area contributed by atoms with Crippen LogP contribution < -0.4 is 11.1 Å². The van der Waals surface area contributed by atoms with Crippen molar-refractivity contribution in [1.29, 1.82) is 0 Å². The summed E-state index contributed by atoms with van der Waals surface area (Å²) in [4.78, 5) is 0. The molecule has 0 amide bonds. The molecule has 1 aromatic rings. The lowest BCUT2D eigenvalue weighted by atomic mass is 10.2. The van der Waals surface area contributed by atoms with Gasteiger partial charge in [-0.2, -0.15) is 0 Å². The molecule has 0 aromatic carbocycles. The van der Waals surface area contributed by atoms with Crippen LogP contribution in [0.3, 0.4) is 0 Å². The maximum Gasteiger partial charge on any atom is 0.117 e. The number of nitrogens with two attached hydrogens (primary N) is 1. The Morgan fingerprint density at radius 2 is 2.36 bits per heavy atom. The van der Waals surface area contributed by atoms with Gasteiger partial charge in [-0.15, -0.1) is 0 Å². The lowest BCUT2D eigenvalue weighted by Crippen LogP contribution is -2.27. The molecule has 2 unspecified atom stereocenters. The Kier molecular flexibility index (Phi) is 2.89. The maximum atomic E-state index is 5.83. The lowest BCUT2D eigenvalue weighted by Gasteiger charge is -2.10. The zero-order valence-electron chi connectivity index (χ0n) is 8.62. The number of nitrogens with one attached hydrogen (secondary N) is 1. The Morgan fingerprint density at radius 1 is 1.50 bits per heavy atom. The fourth-order valence-electron chi connectivity index (χ4n) is 2.03. The standard InChI is InChI=1S/C11H18N2O/c1-8-2-5-11(14-8)7-13-10-4-3-9(12)6-10/h2,5,9-10,13H,3-4,6-7,12H2,1H3. The molecule has 2 atom stereocenters. The van der Waals surface area contributed by atoms with Crippen LogP contribution >= 0.6 is 0 Å². The highest BCUT2D eigenvalue weighted by atomic mass is 16.3.